The molecule has 128 valence electrons. The van der Waals surface area contributed by atoms with Crippen LogP contribution in [0.25, 0.3) is 5.69 Å². The van der Waals surface area contributed by atoms with E-state index in [0.29, 0.717) is 6.04 Å². The van der Waals surface area contributed by atoms with E-state index in [1.807, 2.05) is 29.2 Å². The number of hydrogen-bond donors (Lipinski definition) is 1. The fourth-order valence-corrected chi connectivity index (χ4v) is 3.22. The summed E-state index contributed by atoms with van der Waals surface area (Å²) in [5.41, 5.74) is 3.77. The van der Waals surface area contributed by atoms with Crippen LogP contribution in [0.2, 0.25) is 0 Å². The molecule has 1 aliphatic rings. The zero-order valence-electron chi connectivity index (χ0n) is 14.4. The van der Waals surface area contributed by atoms with Crippen molar-refractivity contribution in [1.29, 1.82) is 0 Å². The maximum absolute atomic E-state index is 5.27. The van der Waals surface area contributed by atoms with E-state index >= 15 is 0 Å². The van der Waals surface area contributed by atoms with Gasteiger partial charge in [-0.3, -0.25) is 0 Å². The predicted octanol–water partition coefficient (Wildman–Crippen LogP) is 4.12. The van der Waals surface area contributed by atoms with Gasteiger partial charge < -0.3 is 14.6 Å². The minimum atomic E-state index is 0.416. The molecule has 3 aromatic rings. The van der Waals surface area contributed by atoms with Gasteiger partial charge in [0.05, 0.1) is 13.4 Å². The molecule has 0 amide bonds. The molecule has 1 aliphatic carbocycles. The Morgan fingerprint density at radius 1 is 1.12 bits per heavy atom. The molecule has 0 bridgehead atoms. The van der Waals surface area contributed by atoms with Gasteiger partial charge in [0.2, 0.25) is 0 Å². The van der Waals surface area contributed by atoms with Crippen LogP contribution in [-0.2, 0) is 6.54 Å². The van der Waals surface area contributed by atoms with Crippen LogP contribution in [0, 0.1) is 5.92 Å². The van der Waals surface area contributed by atoms with Gasteiger partial charge in [-0.2, -0.15) is 0 Å². The highest BCUT2D eigenvalue weighted by Crippen LogP contribution is 2.41. The number of benzene rings is 2. The van der Waals surface area contributed by atoms with Gasteiger partial charge in [-0.25, -0.2) is 4.98 Å². The second-order valence-corrected chi connectivity index (χ2v) is 6.61. The first kappa shape index (κ1) is 15.9. The van der Waals surface area contributed by atoms with Crippen molar-refractivity contribution in [3.8, 4) is 11.4 Å². The smallest absolute Gasteiger partial charge is 0.118 e. The average Bonchev–Trinajstić information content (AvgIpc) is 3.35. The fourth-order valence-electron chi connectivity index (χ4n) is 3.22. The highest BCUT2D eigenvalue weighted by Gasteiger charge is 2.31. The van der Waals surface area contributed by atoms with Gasteiger partial charge >= 0.3 is 0 Å². The molecule has 4 nitrogen and oxygen atoms in total. The molecule has 1 atom stereocenters. The van der Waals surface area contributed by atoms with Gasteiger partial charge in [0.25, 0.3) is 0 Å². The quantitative estimate of drug-likeness (QED) is 0.707. The van der Waals surface area contributed by atoms with Crippen molar-refractivity contribution in [3.63, 3.8) is 0 Å². The van der Waals surface area contributed by atoms with Crippen molar-refractivity contribution >= 4 is 0 Å². The second kappa shape index (κ2) is 7.11. The highest BCUT2D eigenvalue weighted by atomic mass is 16.5. The molecule has 1 saturated carbocycles. The van der Waals surface area contributed by atoms with E-state index < -0.39 is 0 Å². The van der Waals surface area contributed by atoms with Crippen LogP contribution >= 0.6 is 0 Å². The van der Waals surface area contributed by atoms with E-state index in [2.05, 4.69) is 46.7 Å². The van der Waals surface area contributed by atoms with Crippen molar-refractivity contribution in [2.75, 3.05) is 7.11 Å². The first-order valence-corrected chi connectivity index (χ1v) is 8.78. The lowest BCUT2D eigenvalue weighted by atomic mass is 10.0. The molecule has 1 unspecified atom stereocenters. The number of nitrogens with one attached hydrogen (secondary N) is 1. The number of nitrogens with zero attached hydrogens (tertiary/aromatic N) is 2. The van der Waals surface area contributed by atoms with E-state index in [1.54, 1.807) is 13.3 Å². The van der Waals surface area contributed by atoms with Crippen molar-refractivity contribution in [3.05, 3.63) is 78.4 Å². The topological polar surface area (TPSA) is 39.1 Å². The van der Waals surface area contributed by atoms with Gasteiger partial charge in [-0.1, -0.05) is 24.3 Å². The van der Waals surface area contributed by atoms with Crippen molar-refractivity contribution in [2.45, 2.75) is 25.4 Å². The molecule has 1 heterocycles. The SMILES string of the molecule is COc1ccc(C(NCc2ccc(-n3ccnc3)cc2)C2CC2)cc1. The number of methoxy groups -OCH3 is 1. The summed E-state index contributed by atoms with van der Waals surface area (Å²) in [5, 5.41) is 3.75. The molecule has 1 fully saturated rings. The summed E-state index contributed by atoms with van der Waals surface area (Å²) in [4.78, 5) is 4.09. The lowest BCUT2D eigenvalue weighted by Gasteiger charge is -2.19. The third kappa shape index (κ3) is 3.74. The van der Waals surface area contributed by atoms with Crippen LogP contribution in [0.3, 0.4) is 0 Å². The lowest BCUT2D eigenvalue weighted by molar-refractivity contribution is 0.413. The van der Waals surface area contributed by atoms with Gasteiger partial charge in [0, 0.05) is 30.7 Å². The van der Waals surface area contributed by atoms with E-state index in [0.717, 1.165) is 23.9 Å². The first-order valence-electron chi connectivity index (χ1n) is 8.78. The van der Waals surface area contributed by atoms with Gasteiger partial charge in [-0.05, 0) is 54.2 Å². The largest absolute Gasteiger partial charge is 0.497 e. The fraction of sp³-hybridized carbons (Fsp3) is 0.286. The van der Waals surface area contributed by atoms with Crippen LogP contribution in [0.1, 0.15) is 30.0 Å². The Labute approximate surface area is 148 Å². The molecule has 1 N–H and O–H groups in total. The molecular weight excluding hydrogens is 310 g/mol. The molecular formula is C21H23N3O. The lowest BCUT2D eigenvalue weighted by Crippen LogP contribution is -2.22. The van der Waals surface area contributed by atoms with E-state index in [1.165, 1.54) is 24.0 Å². The Morgan fingerprint density at radius 3 is 2.48 bits per heavy atom. The third-order valence-electron chi connectivity index (χ3n) is 4.83. The summed E-state index contributed by atoms with van der Waals surface area (Å²) in [6.45, 7) is 0.872. The highest BCUT2D eigenvalue weighted by molar-refractivity contribution is 5.35. The molecule has 0 aliphatic heterocycles. The summed E-state index contributed by atoms with van der Waals surface area (Å²) >= 11 is 0. The number of rotatable bonds is 7. The third-order valence-corrected chi connectivity index (χ3v) is 4.83. The minimum Gasteiger partial charge on any atom is -0.497 e. The normalized spacial score (nSPS) is 15.1. The number of ether oxygens (including phenoxy) is 1. The van der Waals surface area contributed by atoms with Crippen molar-refractivity contribution < 1.29 is 4.74 Å². The number of aromatic nitrogens is 2. The standard InChI is InChI=1S/C21H23N3O/c1-25-20-10-6-18(7-11-20)21(17-4-5-17)23-14-16-2-8-19(9-3-16)24-13-12-22-15-24/h2-3,6-13,15,17,21,23H,4-5,14H2,1H3. The summed E-state index contributed by atoms with van der Waals surface area (Å²) < 4.78 is 7.28. The Bertz CT molecular complexity index is 790. The Balaban J connectivity index is 1.42. The maximum Gasteiger partial charge on any atom is 0.118 e. The van der Waals surface area contributed by atoms with Crippen LogP contribution in [0.5, 0.6) is 5.75 Å². The molecule has 4 heteroatoms. The predicted molar refractivity (Wildman–Crippen MR) is 98.9 cm³/mol. The molecule has 0 saturated heterocycles. The zero-order valence-corrected chi connectivity index (χ0v) is 14.4. The Kier molecular flexibility index (Phi) is 4.53. The van der Waals surface area contributed by atoms with Crippen LogP contribution < -0.4 is 10.1 Å². The minimum absolute atomic E-state index is 0.416. The van der Waals surface area contributed by atoms with E-state index in [9.17, 15) is 0 Å². The zero-order chi connectivity index (χ0) is 17.1. The van der Waals surface area contributed by atoms with Crippen LogP contribution in [0.15, 0.2) is 67.3 Å². The van der Waals surface area contributed by atoms with Gasteiger partial charge in [0.15, 0.2) is 0 Å². The molecule has 2 aromatic carbocycles. The second-order valence-electron chi connectivity index (χ2n) is 6.61. The monoisotopic (exact) mass is 333 g/mol. The molecule has 0 radical (unpaired) electrons. The summed E-state index contributed by atoms with van der Waals surface area (Å²) in [6, 6.07) is 17.5. The number of hydrogen-bond acceptors (Lipinski definition) is 3. The van der Waals surface area contributed by atoms with Gasteiger partial charge in [-0.15, -0.1) is 0 Å². The summed E-state index contributed by atoms with van der Waals surface area (Å²) in [6.07, 6.45) is 8.19. The van der Waals surface area contributed by atoms with Crippen molar-refractivity contribution in [1.82, 2.24) is 14.9 Å². The Hall–Kier alpha value is -2.59. The molecule has 25 heavy (non-hydrogen) atoms. The van der Waals surface area contributed by atoms with E-state index in [-0.39, 0.29) is 0 Å². The summed E-state index contributed by atoms with van der Waals surface area (Å²) in [5.74, 6) is 1.66. The molecule has 1 aromatic heterocycles. The summed E-state index contributed by atoms with van der Waals surface area (Å²) in [7, 11) is 1.71. The average molecular weight is 333 g/mol. The molecule has 0 spiro atoms. The van der Waals surface area contributed by atoms with Crippen molar-refractivity contribution in [2.24, 2.45) is 5.92 Å². The van der Waals surface area contributed by atoms with Crippen LogP contribution in [0.4, 0.5) is 0 Å². The van der Waals surface area contributed by atoms with Crippen LogP contribution in [-0.4, -0.2) is 16.7 Å². The Morgan fingerprint density at radius 2 is 1.88 bits per heavy atom. The van der Waals surface area contributed by atoms with E-state index in [4.69, 9.17) is 4.74 Å². The molecule has 4 rings (SSSR count). The maximum atomic E-state index is 5.27. The number of imidazole rings is 1. The first-order chi connectivity index (χ1) is 12.3. The van der Waals surface area contributed by atoms with Gasteiger partial charge in [0.1, 0.15) is 5.75 Å².